The monoisotopic (exact) mass is 478 g/mol. The van der Waals surface area contributed by atoms with E-state index in [1.165, 1.54) is 11.0 Å². The van der Waals surface area contributed by atoms with Gasteiger partial charge in [-0.1, -0.05) is 48.5 Å². The van der Waals surface area contributed by atoms with Crippen LogP contribution in [0, 0.1) is 0 Å². The van der Waals surface area contributed by atoms with E-state index < -0.39 is 35.5 Å². The molecule has 1 unspecified atom stereocenters. The minimum atomic E-state index is -4.61. The second-order valence-corrected chi connectivity index (χ2v) is 8.62. The van der Waals surface area contributed by atoms with Gasteiger partial charge in [-0.15, -0.1) is 0 Å². The number of fused-ring (bicyclic) bond motifs is 2. The van der Waals surface area contributed by atoms with Crippen molar-refractivity contribution in [2.24, 2.45) is 0 Å². The van der Waals surface area contributed by atoms with Gasteiger partial charge in [-0.2, -0.15) is 13.2 Å². The van der Waals surface area contributed by atoms with Crippen molar-refractivity contribution in [3.05, 3.63) is 101 Å². The van der Waals surface area contributed by atoms with Gasteiger partial charge in [0.05, 0.1) is 17.7 Å². The highest BCUT2D eigenvalue weighted by Crippen LogP contribution is 2.43. The number of aromatic nitrogens is 1. The topological polar surface area (TPSA) is 73.4 Å². The molecule has 5 rings (SSSR count). The number of para-hydroxylation sites is 2. The molecule has 1 aromatic heterocycles. The van der Waals surface area contributed by atoms with Crippen LogP contribution >= 0.6 is 0 Å². The molecule has 4 aromatic rings. The molecule has 0 radical (unpaired) electrons. The van der Waals surface area contributed by atoms with Crippen LogP contribution in [0.4, 0.5) is 18.9 Å². The van der Waals surface area contributed by atoms with Crippen molar-refractivity contribution >= 4 is 28.3 Å². The number of aromatic amines is 1. The number of carbonyl (C=O) groups is 2. The molecular weight excluding hydrogens is 457 g/mol. The lowest BCUT2D eigenvalue weighted by atomic mass is 9.88. The third-order valence-corrected chi connectivity index (χ3v) is 6.45. The number of rotatable bonds is 6. The summed E-state index contributed by atoms with van der Waals surface area (Å²) in [5.41, 5.74) is -0.618. The maximum absolute atomic E-state index is 13.4. The molecule has 0 aliphatic carbocycles. The Morgan fingerprint density at radius 3 is 2.54 bits per heavy atom. The Hall–Kier alpha value is -3.91. The summed E-state index contributed by atoms with van der Waals surface area (Å²) in [4.78, 5) is 31.0. The van der Waals surface area contributed by atoms with Gasteiger partial charge in [-0.25, -0.2) is 0 Å². The molecule has 1 atom stereocenters. The summed E-state index contributed by atoms with van der Waals surface area (Å²) in [6, 6.07) is 18.4. The van der Waals surface area contributed by atoms with Gasteiger partial charge in [-0.05, 0) is 36.2 Å². The molecule has 3 aromatic carbocycles. The number of halogens is 3. The fourth-order valence-electron chi connectivity index (χ4n) is 4.67. The first kappa shape index (κ1) is 22.9. The van der Waals surface area contributed by atoms with Gasteiger partial charge < -0.3 is 15.0 Å². The lowest BCUT2D eigenvalue weighted by molar-refractivity contribution is -0.137. The number of ketones is 1. The summed E-state index contributed by atoms with van der Waals surface area (Å²) in [5, 5.41) is 12.5. The number of nitrogens with one attached hydrogen (secondary N) is 1. The summed E-state index contributed by atoms with van der Waals surface area (Å²) in [6.45, 7) is 0.262. The number of anilines is 1. The van der Waals surface area contributed by atoms with Crippen molar-refractivity contribution in [1.82, 2.24) is 4.98 Å². The van der Waals surface area contributed by atoms with E-state index in [0.29, 0.717) is 12.1 Å². The van der Waals surface area contributed by atoms with Crippen LogP contribution in [0.25, 0.3) is 10.9 Å². The number of amides is 1. The summed E-state index contributed by atoms with van der Waals surface area (Å²) in [5.74, 6) is -1.42. The molecule has 0 fully saturated rings. The third-order valence-electron chi connectivity index (χ3n) is 6.45. The number of aliphatic hydroxyl groups is 1. The van der Waals surface area contributed by atoms with Gasteiger partial charge >= 0.3 is 6.18 Å². The standard InChI is InChI=1S/C27H21F3N2O3/c28-27(29,30)19-7-5-6-17(14-19)24(33)15-26(35)21-9-2-4-11-23(21)32(25(26)34)13-12-18-16-31-22-10-3-1-8-20(18)22/h1-11,14,16,31,35H,12-13,15H2. The summed E-state index contributed by atoms with van der Waals surface area (Å²) >= 11 is 0. The largest absolute Gasteiger partial charge is 0.416 e. The zero-order valence-electron chi connectivity index (χ0n) is 18.5. The van der Waals surface area contributed by atoms with E-state index >= 15 is 0 Å². The molecule has 0 saturated carbocycles. The number of H-pyrrole nitrogens is 1. The van der Waals surface area contributed by atoms with Crippen LogP contribution in [-0.2, 0) is 23.0 Å². The van der Waals surface area contributed by atoms with Gasteiger partial charge in [0, 0.05) is 34.8 Å². The van der Waals surface area contributed by atoms with Gasteiger partial charge in [0.15, 0.2) is 11.4 Å². The van der Waals surface area contributed by atoms with Crippen molar-refractivity contribution in [1.29, 1.82) is 0 Å². The van der Waals surface area contributed by atoms with E-state index in [9.17, 15) is 27.9 Å². The van der Waals surface area contributed by atoms with Crippen molar-refractivity contribution in [2.75, 3.05) is 11.4 Å². The third kappa shape index (κ3) is 4.00. The van der Waals surface area contributed by atoms with Crippen LogP contribution < -0.4 is 4.90 Å². The minimum absolute atomic E-state index is 0.212. The molecule has 0 saturated heterocycles. The van der Waals surface area contributed by atoms with E-state index in [1.54, 1.807) is 24.3 Å². The van der Waals surface area contributed by atoms with Crippen LogP contribution in [0.5, 0.6) is 0 Å². The van der Waals surface area contributed by atoms with Crippen LogP contribution in [-0.4, -0.2) is 28.3 Å². The Kier molecular flexibility index (Phi) is 5.48. The number of hydrogen-bond acceptors (Lipinski definition) is 3. The van der Waals surface area contributed by atoms with Gasteiger partial charge in [0.1, 0.15) is 0 Å². The molecule has 0 bridgehead atoms. The number of hydrogen-bond donors (Lipinski definition) is 2. The zero-order valence-corrected chi connectivity index (χ0v) is 18.5. The van der Waals surface area contributed by atoms with Crippen molar-refractivity contribution in [2.45, 2.75) is 24.6 Å². The molecule has 2 N–H and O–H groups in total. The molecule has 0 spiro atoms. The summed E-state index contributed by atoms with van der Waals surface area (Å²) < 4.78 is 39.3. The highest BCUT2D eigenvalue weighted by atomic mass is 19.4. The van der Waals surface area contributed by atoms with Gasteiger partial charge in [0.2, 0.25) is 0 Å². The number of Topliss-reactive ketones (excluding diaryl/α,β-unsaturated/α-hetero) is 1. The average Bonchev–Trinajstić information content (AvgIpc) is 3.35. The van der Waals surface area contributed by atoms with E-state index in [2.05, 4.69) is 4.98 Å². The second-order valence-electron chi connectivity index (χ2n) is 8.62. The molecule has 2 heterocycles. The predicted octanol–water partition coefficient (Wildman–Crippen LogP) is 5.24. The van der Waals surface area contributed by atoms with Gasteiger partial charge in [-0.3, -0.25) is 9.59 Å². The molecule has 178 valence electrons. The van der Waals surface area contributed by atoms with Crippen molar-refractivity contribution in [3.63, 3.8) is 0 Å². The first-order valence-electron chi connectivity index (χ1n) is 11.1. The highest BCUT2D eigenvalue weighted by molar-refractivity contribution is 6.10. The van der Waals surface area contributed by atoms with Crippen LogP contribution in [0.3, 0.4) is 0 Å². The summed E-state index contributed by atoms with van der Waals surface area (Å²) in [7, 11) is 0. The maximum atomic E-state index is 13.4. The molecular formula is C27H21F3N2O3. The fraction of sp³-hybridized carbons (Fsp3) is 0.185. The SMILES string of the molecule is O=C(CC1(O)C(=O)N(CCc2c[nH]c3ccccc23)c2ccccc21)c1cccc(C(F)(F)F)c1. The maximum Gasteiger partial charge on any atom is 0.416 e. The molecule has 35 heavy (non-hydrogen) atoms. The molecule has 5 nitrogen and oxygen atoms in total. The molecule has 8 heteroatoms. The summed E-state index contributed by atoms with van der Waals surface area (Å²) in [6.07, 6.45) is -2.89. The number of carbonyl (C=O) groups excluding carboxylic acids is 2. The Morgan fingerprint density at radius 1 is 1.00 bits per heavy atom. The normalized spacial score (nSPS) is 17.7. The Labute approximate surface area is 198 Å². The van der Waals surface area contributed by atoms with Gasteiger partial charge in [0.25, 0.3) is 5.91 Å². The lowest BCUT2D eigenvalue weighted by Gasteiger charge is -2.23. The Morgan fingerprint density at radius 2 is 1.74 bits per heavy atom. The van der Waals surface area contributed by atoms with E-state index in [-0.39, 0.29) is 17.7 Å². The number of alkyl halides is 3. The number of nitrogens with zero attached hydrogens (tertiary/aromatic N) is 1. The molecule has 1 aliphatic rings. The Bertz CT molecular complexity index is 1440. The minimum Gasteiger partial charge on any atom is -0.375 e. The van der Waals surface area contributed by atoms with Crippen molar-refractivity contribution in [3.8, 4) is 0 Å². The Balaban J connectivity index is 1.42. The van der Waals surface area contributed by atoms with E-state index in [4.69, 9.17) is 0 Å². The molecule has 1 amide bonds. The second kappa shape index (κ2) is 8.39. The van der Waals surface area contributed by atoms with Crippen LogP contribution in [0.2, 0.25) is 0 Å². The zero-order chi connectivity index (χ0) is 24.8. The highest BCUT2D eigenvalue weighted by Gasteiger charge is 2.50. The van der Waals surface area contributed by atoms with E-state index in [1.807, 2.05) is 30.5 Å². The first-order valence-corrected chi connectivity index (χ1v) is 11.1. The average molecular weight is 478 g/mol. The van der Waals surface area contributed by atoms with E-state index in [0.717, 1.165) is 34.7 Å². The van der Waals surface area contributed by atoms with Crippen molar-refractivity contribution < 1.29 is 27.9 Å². The quantitative estimate of drug-likeness (QED) is 0.373. The first-order chi connectivity index (χ1) is 16.7. The number of benzene rings is 3. The smallest absolute Gasteiger partial charge is 0.375 e. The molecule has 1 aliphatic heterocycles. The lowest BCUT2D eigenvalue weighted by Crippen LogP contribution is -2.42. The van der Waals surface area contributed by atoms with Crippen LogP contribution in [0.1, 0.15) is 33.5 Å². The fourth-order valence-corrected chi connectivity index (χ4v) is 4.67. The van der Waals surface area contributed by atoms with Crippen LogP contribution in [0.15, 0.2) is 79.0 Å². The predicted molar refractivity (Wildman–Crippen MR) is 125 cm³/mol.